The standard InChI is InChI=1S/C22H27N3O5S/c26-21-7-2-1-5-17(21)15-24(16-20-6-3-13-30-20)22(27)23-18-8-10-19(11-9-18)25-12-4-14-31(25,28)29/h1-2,5,7-11,20,26H,3-4,6,12-16H2,(H,23,27)/t20-/m1/s1. The van der Waals surface area contributed by atoms with Crippen molar-refractivity contribution >= 4 is 27.4 Å². The second kappa shape index (κ2) is 9.15. The summed E-state index contributed by atoms with van der Waals surface area (Å²) in [6, 6.07) is 13.4. The van der Waals surface area contributed by atoms with Gasteiger partial charge in [0.2, 0.25) is 10.0 Å². The molecule has 0 bridgehead atoms. The van der Waals surface area contributed by atoms with Gasteiger partial charge in [0.05, 0.1) is 24.1 Å². The van der Waals surface area contributed by atoms with Crippen LogP contribution in [0.15, 0.2) is 48.5 Å². The van der Waals surface area contributed by atoms with Gasteiger partial charge in [-0.2, -0.15) is 0 Å². The monoisotopic (exact) mass is 445 g/mol. The van der Waals surface area contributed by atoms with Crippen LogP contribution in [0.2, 0.25) is 0 Å². The van der Waals surface area contributed by atoms with Gasteiger partial charge in [0.15, 0.2) is 0 Å². The van der Waals surface area contributed by atoms with Crippen LogP contribution in [0.3, 0.4) is 0 Å². The summed E-state index contributed by atoms with van der Waals surface area (Å²) in [5.41, 5.74) is 1.83. The van der Waals surface area contributed by atoms with Crippen LogP contribution in [-0.2, 0) is 21.3 Å². The fraction of sp³-hybridized carbons (Fsp3) is 0.409. The molecule has 0 saturated carbocycles. The van der Waals surface area contributed by atoms with Gasteiger partial charge < -0.3 is 20.1 Å². The topological polar surface area (TPSA) is 99.2 Å². The van der Waals surface area contributed by atoms with Gasteiger partial charge in [-0.15, -0.1) is 0 Å². The Balaban J connectivity index is 1.46. The van der Waals surface area contributed by atoms with Gasteiger partial charge in [0, 0.05) is 30.9 Å². The summed E-state index contributed by atoms with van der Waals surface area (Å²) in [6.07, 6.45) is 2.45. The highest BCUT2D eigenvalue weighted by molar-refractivity contribution is 7.93. The average molecular weight is 446 g/mol. The normalized spacial score (nSPS) is 20.0. The predicted octanol–water partition coefficient (Wildman–Crippen LogP) is 3.15. The molecule has 2 saturated heterocycles. The number of phenolic OH excluding ortho intramolecular Hbond substituents is 1. The highest BCUT2D eigenvalue weighted by Gasteiger charge is 2.28. The Morgan fingerprint density at radius 2 is 1.94 bits per heavy atom. The molecule has 166 valence electrons. The molecule has 2 amide bonds. The molecule has 31 heavy (non-hydrogen) atoms. The van der Waals surface area contributed by atoms with Crippen LogP contribution in [0.1, 0.15) is 24.8 Å². The fourth-order valence-corrected chi connectivity index (χ4v) is 5.51. The van der Waals surface area contributed by atoms with E-state index < -0.39 is 10.0 Å². The molecule has 2 N–H and O–H groups in total. The zero-order valence-electron chi connectivity index (χ0n) is 17.2. The van der Waals surface area contributed by atoms with Gasteiger partial charge in [-0.1, -0.05) is 18.2 Å². The highest BCUT2D eigenvalue weighted by atomic mass is 32.2. The van der Waals surface area contributed by atoms with Gasteiger partial charge in [-0.05, 0) is 49.6 Å². The first-order chi connectivity index (χ1) is 14.9. The lowest BCUT2D eigenvalue weighted by atomic mass is 10.1. The Labute approximate surface area is 182 Å². The lowest BCUT2D eigenvalue weighted by Gasteiger charge is -2.26. The van der Waals surface area contributed by atoms with Crippen LogP contribution in [0.4, 0.5) is 16.2 Å². The third kappa shape index (κ3) is 5.11. The van der Waals surface area contributed by atoms with Crippen LogP contribution >= 0.6 is 0 Å². The summed E-state index contributed by atoms with van der Waals surface area (Å²) in [7, 11) is -3.24. The van der Waals surface area contributed by atoms with E-state index in [1.165, 1.54) is 4.31 Å². The fourth-order valence-electron chi connectivity index (χ4n) is 3.95. The molecule has 2 aliphatic rings. The zero-order chi connectivity index (χ0) is 21.8. The van der Waals surface area contributed by atoms with Crippen molar-refractivity contribution in [2.75, 3.05) is 35.1 Å². The van der Waals surface area contributed by atoms with Crippen molar-refractivity contribution in [3.8, 4) is 5.75 Å². The third-order valence-electron chi connectivity index (χ3n) is 5.59. The lowest BCUT2D eigenvalue weighted by molar-refractivity contribution is 0.0817. The van der Waals surface area contributed by atoms with Crippen LogP contribution in [0, 0.1) is 0 Å². The number of nitrogens with one attached hydrogen (secondary N) is 1. The molecule has 0 aromatic heterocycles. The van der Waals surface area contributed by atoms with Crippen molar-refractivity contribution < 1.29 is 23.1 Å². The number of amides is 2. The first kappa shape index (κ1) is 21.5. The molecule has 0 spiro atoms. The quantitative estimate of drug-likeness (QED) is 0.712. The van der Waals surface area contributed by atoms with E-state index in [0.29, 0.717) is 43.1 Å². The number of rotatable bonds is 6. The summed E-state index contributed by atoms with van der Waals surface area (Å²) in [6.45, 7) is 1.84. The minimum atomic E-state index is -3.24. The maximum Gasteiger partial charge on any atom is 0.322 e. The molecule has 0 radical (unpaired) electrons. The van der Waals surface area contributed by atoms with E-state index in [1.54, 1.807) is 47.4 Å². The van der Waals surface area contributed by atoms with E-state index in [4.69, 9.17) is 4.74 Å². The van der Waals surface area contributed by atoms with Crippen molar-refractivity contribution in [3.63, 3.8) is 0 Å². The van der Waals surface area contributed by atoms with E-state index in [1.807, 2.05) is 6.07 Å². The maximum absolute atomic E-state index is 13.0. The van der Waals surface area contributed by atoms with Crippen LogP contribution in [-0.4, -0.2) is 56.0 Å². The molecule has 2 aliphatic heterocycles. The number of sulfonamides is 1. The van der Waals surface area contributed by atoms with Crippen LogP contribution < -0.4 is 9.62 Å². The molecular formula is C22H27N3O5S. The smallest absolute Gasteiger partial charge is 0.322 e. The number of benzene rings is 2. The number of para-hydroxylation sites is 1. The van der Waals surface area contributed by atoms with Crippen molar-refractivity contribution in [2.24, 2.45) is 0 Å². The van der Waals surface area contributed by atoms with E-state index in [-0.39, 0.29) is 30.2 Å². The largest absolute Gasteiger partial charge is 0.508 e. The number of aromatic hydroxyl groups is 1. The second-order valence-corrected chi connectivity index (χ2v) is 9.88. The number of hydrogen-bond acceptors (Lipinski definition) is 5. The molecule has 2 fully saturated rings. The number of hydrogen-bond donors (Lipinski definition) is 2. The van der Waals surface area contributed by atoms with E-state index in [0.717, 1.165) is 12.8 Å². The summed E-state index contributed by atoms with van der Waals surface area (Å²) < 4.78 is 31.3. The van der Waals surface area contributed by atoms with Crippen LogP contribution in [0.5, 0.6) is 5.75 Å². The van der Waals surface area contributed by atoms with Gasteiger partial charge in [0.1, 0.15) is 5.75 Å². The third-order valence-corrected chi connectivity index (χ3v) is 7.46. The predicted molar refractivity (Wildman–Crippen MR) is 119 cm³/mol. The Bertz CT molecular complexity index is 1020. The Morgan fingerprint density at radius 1 is 1.16 bits per heavy atom. The summed E-state index contributed by atoms with van der Waals surface area (Å²) in [5.74, 6) is 0.305. The number of carbonyl (C=O) groups excluding carboxylic acids is 1. The number of phenols is 1. The summed E-state index contributed by atoms with van der Waals surface area (Å²) in [5, 5.41) is 13.0. The van der Waals surface area contributed by atoms with Gasteiger partial charge in [-0.3, -0.25) is 4.31 Å². The Hall–Kier alpha value is -2.78. The minimum Gasteiger partial charge on any atom is -0.508 e. The Kier molecular flexibility index (Phi) is 6.33. The lowest BCUT2D eigenvalue weighted by Crippen LogP contribution is -2.39. The van der Waals surface area contributed by atoms with Crippen molar-refractivity contribution in [1.82, 2.24) is 4.90 Å². The van der Waals surface area contributed by atoms with E-state index in [2.05, 4.69) is 5.32 Å². The molecule has 1 atom stereocenters. The van der Waals surface area contributed by atoms with Crippen LogP contribution in [0.25, 0.3) is 0 Å². The Morgan fingerprint density at radius 3 is 2.58 bits per heavy atom. The second-order valence-electron chi connectivity index (χ2n) is 7.86. The number of carbonyl (C=O) groups is 1. The molecule has 0 unspecified atom stereocenters. The van der Waals surface area contributed by atoms with Gasteiger partial charge in [0.25, 0.3) is 0 Å². The molecule has 0 aliphatic carbocycles. The first-order valence-electron chi connectivity index (χ1n) is 10.5. The average Bonchev–Trinajstić information content (AvgIpc) is 3.38. The molecular weight excluding hydrogens is 418 g/mol. The SMILES string of the molecule is O=C(Nc1ccc(N2CCCS2(=O)=O)cc1)N(Cc1ccccc1O)C[C@H]1CCCO1. The van der Waals surface area contributed by atoms with Crippen molar-refractivity contribution in [1.29, 1.82) is 0 Å². The first-order valence-corrected chi connectivity index (χ1v) is 12.1. The van der Waals surface area contributed by atoms with E-state index >= 15 is 0 Å². The van der Waals surface area contributed by atoms with E-state index in [9.17, 15) is 18.3 Å². The molecule has 8 nitrogen and oxygen atoms in total. The number of urea groups is 1. The number of ether oxygens (including phenoxy) is 1. The van der Waals surface area contributed by atoms with Crippen molar-refractivity contribution in [2.45, 2.75) is 31.9 Å². The minimum absolute atomic E-state index is 0.0284. The molecule has 2 aromatic rings. The molecule has 4 rings (SSSR count). The van der Waals surface area contributed by atoms with Gasteiger partial charge in [-0.25, -0.2) is 13.2 Å². The summed E-state index contributed by atoms with van der Waals surface area (Å²) >= 11 is 0. The maximum atomic E-state index is 13.0. The highest BCUT2D eigenvalue weighted by Crippen LogP contribution is 2.26. The molecule has 9 heteroatoms. The number of nitrogens with zero attached hydrogens (tertiary/aromatic N) is 2. The molecule has 2 aromatic carbocycles. The number of anilines is 2. The van der Waals surface area contributed by atoms with Crippen molar-refractivity contribution in [3.05, 3.63) is 54.1 Å². The molecule has 2 heterocycles. The zero-order valence-corrected chi connectivity index (χ0v) is 18.1. The van der Waals surface area contributed by atoms with Gasteiger partial charge >= 0.3 is 6.03 Å². The summed E-state index contributed by atoms with van der Waals surface area (Å²) in [4.78, 5) is 14.7.